The summed E-state index contributed by atoms with van der Waals surface area (Å²) in [7, 11) is -3.23. The summed E-state index contributed by atoms with van der Waals surface area (Å²) >= 11 is 0. The molecule has 0 spiro atoms. The molecule has 17 heavy (non-hydrogen) atoms. The van der Waals surface area contributed by atoms with Crippen molar-refractivity contribution in [3.8, 4) is 0 Å². The van der Waals surface area contributed by atoms with Gasteiger partial charge in [-0.3, -0.25) is 0 Å². The van der Waals surface area contributed by atoms with E-state index in [4.69, 9.17) is 4.74 Å². The van der Waals surface area contributed by atoms with Gasteiger partial charge in [-0.15, -0.1) is 0 Å². The molecular formula is C11H22N2O3S. The molecule has 0 amide bonds. The summed E-state index contributed by atoms with van der Waals surface area (Å²) in [4.78, 5) is 0. The van der Waals surface area contributed by atoms with E-state index in [1.807, 2.05) is 13.8 Å². The molecule has 0 aromatic heterocycles. The SMILES string of the molecule is CC1OCCC1(C)NS(=O)(=O)CC1CCCN1. The molecule has 2 rings (SSSR count). The number of ether oxygens (including phenoxy) is 1. The summed E-state index contributed by atoms with van der Waals surface area (Å²) in [6, 6.07) is 0.105. The van der Waals surface area contributed by atoms with Crippen LogP contribution in [0.25, 0.3) is 0 Å². The molecule has 2 aliphatic heterocycles. The van der Waals surface area contributed by atoms with Crippen LogP contribution in [-0.4, -0.2) is 45.0 Å². The Balaban J connectivity index is 1.96. The highest BCUT2D eigenvalue weighted by atomic mass is 32.2. The Morgan fingerprint density at radius 2 is 2.29 bits per heavy atom. The molecule has 3 unspecified atom stereocenters. The second kappa shape index (κ2) is 4.84. The van der Waals surface area contributed by atoms with Gasteiger partial charge < -0.3 is 10.1 Å². The van der Waals surface area contributed by atoms with Crippen LogP contribution < -0.4 is 10.0 Å². The normalized spacial score (nSPS) is 38.7. The Morgan fingerprint density at radius 1 is 1.53 bits per heavy atom. The predicted molar refractivity (Wildman–Crippen MR) is 66.4 cm³/mol. The Kier molecular flexibility index (Phi) is 3.77. The van der Waals surface area contributed by atoms with Gasteiger partial charge in [0.05, 0.1) is 17.4 Å². The van der Waals surface area contributed by atoms with Crippen molar-refractivity contribution in [1.29, 1.82) is 0 Å². The second-order valence-corrected chi connectivity index (χ2v) is 7.12. The molecule has 100 valence electrons. The van der Waals surface area contributed by atoms with E-state index in [9.17, 15) is 8.42 Å². The minimum atomic E-state index is -3.23. The van der Waals surface area contributed by atoms with Crippen molar-refractivity contribution >= 4 is 10.0 Å². The smallest absolute Gasteiger partial charge is 0.213 e. The number of hydrogen-bond acceptors (Lipinski definition) is 4. The highest BCUT2D eigenvalue weighted by Gasteiger charge is 2.40. The average molecular weight is 262 g/mol. The quantitative estimate of drug-likeness (QED) is 0.761. The maximum absolute atomic E-state index is 12.1. The molecule has 0 aromatic rings. The first-order valence-corrected chi connectivity index (χ1v) is 7.93. The predicted octanol–water partition coefficient (Wildman–Crippen LogP) is 0.225. The summed E-state index contributed by atoms with van der Waals surface area (Å²) < 4.78 is 32.4. The van der Waals surface area contributed by atoms with Crippen LogP contribution in [0.1, 0.15) is 33.1 Å². The minimum absolute atomic E-state index is 0.0613. The fourth-order valence-electron chi connectivity index (χ4n) is 2.53. The van der Waals surface area contributed by atoms with Crippen molar-refractivity contribution < 1.29 is 13.2 Å². The molecule has 2 N–H and O–H groups in total. The van der Waals surface area contributed by atoms with Gasteiger partial charge in [-0.1, -0.05) is 0 Å². The standard InChI is InChI=1S/C11H22N2O3S/c1-9-11(2,5-7-16-9)13-17(14,15)8-10-4-3-6-12-10/h9-10,12-13H,3-8H2,1-2H3. The van der Waals surface area contributed by atoms with Crippen LogP contribution in [0.3, 0.4) is 0 Å². The third-order valence-electron chi connectivity index (χ3n) is 3.86. The Labute approximate surface area is 103 Å². The number of sulfonamides is 1. The van der Waals surface area contributed by atoms with Gasteiger partial charge in [-0.2, -0.15) is 0 Å². The van der Waals surface area contributed by atoms with E-state index >= 15 is 0 Å². The molecule has 2 saturated heterocycles. The lowest BCUT2D eigenvalue weighted by Gasteiger charge is -2.29. The fraction of sp³-hybridized carbons (Fsp3) is 1.00. The zero-order valence-corrected chi connectivity index (χ0v) is 11.3. The van der Waals surface area contributed by atoms with Crippen LogP contribution in [0, 0.1) is 0 Å². The zero-order chi connectivity index (χ0) is 12.5. The van der Waals surface area contributed by atoms with E-state index in [1.54, 1.807) is 0 Å². The van der Waals surface area contributed by atoms with Crippen molar-refractivity contribution in [2.24, 2.45) is 0 Å². The van der Waals surface area contributed by atoms with Crippen LogP contribution in [0.2, 0.25) is 0 Å². The Morgan fingerprint density at radius 3 is 2.82 bits per heavy atom. The van der Waals surface area contributed by atoms with E-state index in [0.29, 0.717) is 6.61 Å². The maximum Gasteiger partial charge on any atom is 0.213 e. The second-order valence-electron chi connectivity index (χ2n) is 5.36. The van der Waals surface area contributed by atoms with Gasteiger partial charge in [-0.05, 0) is 39.7 Å². The highest BCUT2D eigenvalue weighted by Crippen LogP contribution is 2.26. The first-order chi connectivity index (χ1) is 7.91. The number of nitrogens with one attached hydrogen (secondary N) is 2. The summed E-state index contributed by atoms with van der Waals surface area (Å²) in [5, 5.41) is 3.21. The van der Waals surface area contributed by atoms with Crippen molar-refractivity contribution in [3.05, 3.63) is 0 Å². The lowest BCUT2D eigenvalue weighted by molar-refractivity contribution is 0.0957. The molecule has 0 bridgehead atoms. The molecule has 0 radical (unpaired) electrons. The molecule has 3 atom stereocenters. The van der Waals surface area contributed by atoms with E-state index in [1.165, 1.54) is 0 Å². The van der Waals surface area contributed by atoms with E-state index < -0.39 is 15.6 Å². The van der Waals surface area contributed by atoms with Crippen LogP contribution in [-0.2, 0) is 14.8 Å². The molecule has 0 saturated carbocycles. The Bertz CT molecular complexity index is 365. The third kappa shape index (κ3) is 3.19. The van der Waals surface area contributed by atoms with Gasteiger partial charge in [0.1, 0.15) is 0 Å². The van der Waals surface area contributed by atoms with Gasteiger partial charge in [0.15, 0.2) is 0 Å². The summed E-state index contributed by atoms with van der Waals surface area (Å²) in [6.45, 7) is 5.40. The summed E-state index contributed by atoms with van der Waals surface area (Å²) in [6.07, 6.45) is 2.69. The molecule has 0 aliphatic carbocycles. The van der Waals surface area contributed by atoms with Gasteiger partial charge in [-0.25, -0.2) is 13.1 Å². The fourth-order valence-corrected chi connectivity index (χ4v) is 4.41. The molecule has 5 nitrogen and oxygen atoms in total. The number of hydrogen-bond donors (Lipinski definition) is 2. The highest BCUT2D eigenvalue weighted by molar-refractivity contribution is 7.89. The zero-order valence-electron chi connectivity index (χ0n) is 10.5. The molecule has 2 aliphatic rings. The maximum atomic E-state index is 12.1. The third-order valence-corrected chi connectivity index (χ3v) is 5.48. The Hall–Kier alpha value is -0.170. The molecule has 6 heteroatoms. The van der Waals surface area contributed by atoms with Crippen LogP contribution in [0.4, 0.5) is 0 Å². The van der Waals surface area contributed by atoms with Crippen molar-refractivity contribution in [2.45, 2.75) is 50.8 Å². The van der Waals surface area contributed by atoms with Crippen molar-refractivity contribution in [2.75, 3.05) is 18.9 Å². The van der Waals surface area contributed by atoms with E-state index in [2.05, 4.69) is 10.0 Å². The van der Waals surface area contributed by atoms with Gasteiger partial charge in [0.25, 0.3) is 0 Å². The van der Waals surface area contributed by atoms with Gasteiger partial charge >= 0.3 is 0 Å². The lowest BCUT2D eigenvalue weighted by atomic mass is 9.97. The minimum Gasteiger partial charge on any atom is -0.376 e. The van der Waals surface area contributed by atoms with Crippen molar-refractivity contribution in [3.63, 3.8) is 0 Å². The van der Waals surface area contributed by atoms with Gasteiger partial charge in [0.2, 0.25) is 10.0 Å². The lowest BCUT2D eigenvalue weighted by Crippen LogP contribution is -2.52. The van der Waals surface area contributed by atoms with Crippen LogP contribution >= 0.6 is 0 Å². The summed E-state index contributed by atoms with van der Waals surface area (Å²) in [5.41, 5.74) is -0.447. The van der Waals surface area contributed by atoms with Crippen molar-refractivity contribution in [1.82, 2.24) is 10.0 Å². The van der Waals surface area contributed by atoms with Gasteiger partial charge in [0, 0.05) is 12.6 Å². The summed E-state index contributed by atoms with van der Waals surface area (Å²) in [5.74, 6) is 0.176. The van der Waals surface area contributed by atoms with Crippen LogP contribution in [0.15, 0.2) is 0 Å². The first-order valence-electron chi connectivity index (χ1n) is 6.28. The first kappa shape index (κ1) is 13.3. The topological polar surface area (TPSA) is 67.4 Å². The van der Waals surface area contributed by atoms with E-state index in [-0.39, 0.29) is 17.9 Å². The largest absolute Gasteiger partial charge is 0.376 e. The van der Waals surface area contributed by atoms with E-state index in [0.717, 1.165) is 25.8 Å². The monoisotopic (exact) mass is 262 g/mol. The molecule has 2 heterocycles. The molecule has 2 fully saturated rings. The molecular weight excluding hydrogens is 240 g/mol. The molecule has 0 aromatic carbocycles. The number of rotatable bonds is 4. The average Bonchev–Trinajstić information content (AvgIpc) is 2.77. The van der Waals surface area contributed by atoms with Crippen LogP contribution in [0.5, 0.6) is 0 Å².